The fourth-order valence-corrected chi connectivity index (χ4v) is 6.94. The van der Waals surface area contributed by atoms with Crippen molar-refractivity contribution in [3.05, 3.63) is 64.7 Å². The first-order valence-electron chi connectivity index (χ1n) is 12.2. The summed E-state index contributed by atoms with van der Waals surface area (Å²) in [4.78, 5) is 36.4. The van der Waals surface area contributed by atoms with Crippen LogP contribution in [0.15, 0.2) is 58.9 Å². The monoisotopic (exact) mass is 608 g/mol. The van der Waals surface area contributed by atoms with Gasteiger partial charge in [0.2, 0.25) is 5.96 Å². The SMILES string of the molecule is C=C1N=C(N)N=CN1[C@H]1C[C@@H](O)[C@@H](COP(=O)(N[C@@H](C)C(=O)OCc2cnc([N+](=O)[O-])n2C)Oc2ccccc2)S1. The number of guanidine groups is 1. The lowest BCUT2D eigenvalue weighted by atomic mass is 10.2. The zero-order chi connectivity index (χ0) is 29.7. The third kappa shape index (κ3) is 7.51. The van der Waals surface area contributed by atoms with E-state index >= 15 is 0 Å². The second kappa shape index (κ2) is 12.8. The van der Waals surface area contributed by atoms with Crippen molar-refractivity contribution in [2.24, 2.45) is 22.8 Å². The minimum absolute atomic E-state index is 0.0778. The first-order chi connectivity index (χ1) is 19.5. The number of nitrogens with one attached hydrogen (secondary N) is 1. The largest absolute Gasteiger partial charge is 0.459 e. The van der Waals surface area contributed by atoms with Gasteiger partial charge in [0, 0.05) is 6.42 Å². The van der Waals surface area contributed by atoms with E-state index in [0.29, 0.717) is 12.2 Å². The van der Waals surface area contributed by atoms with Crippen LogP contribution in [-0.4, -0.2) is 72.1 Å². The predicted octanol–water partition coefficient (Wildman–Crippen LogP) is 1.88. The maximum absolute atomic E-state index is 13.8. The van der Waals surface area contributed by atoms with E-state index in [4.69, 9.17) is 19.5 Å². The van der Waals surface area contributed by atoms with E-state index in [0.717, 1.165) is 0 Å². The Hall–Kier alpha value is -3.76. The van der Waals surface area contributed by atoms with Crippen LogP contribution in [0.25, 0.3) is 0 Å². The Morgan fingerprint density at radius 1 is 1.41 bits per heavy atom. The topological polar surface area (TPSA) is 209 Å². The number of aromatic nitrogens is 2. The molecule has 2 aliphatic rings. The van der Waals surface area contributed by atoms with Gasteiger partial charge < -0.3 is 35.1 Å². The van der Waals surface area contributed by atoms with Crippen LogP contribution in [0.5, 0.6) is 5.75 Å². The highest BCUT2D eigenvalue weighted by molar-refractivity contribution is 8.00. The van der Waals surface area contributed by atoms with E-state index in [2.05, 4.69) is 26.6 Å². The van der Waals surface area contributed by atoms with Crippen LogP contribution in [0, 0.1) is 10.1 Å². The van der Waals surface area contributed by atoms with E-state index in [1.54, 1.807) is 35.2 Å². The van der Waals surface area contributed by atoms with Crippen LogP contribution in [-0.2, 0) is 32.3 Å². The van der Waals surface area contributed by atoms with Crippen LogP contribution in [0.2, 0.25) is 0 Å². The zero-order valence-electron chi connectivity index (χ0n) is 22.1. The number of ether oxygens (including phenoxy) is 1. The standard InChI is InChI=1S/C23H29N8O8PS/c1-14(21(33)37-11-16-10-25-23(29(16)3)31(34)35)28-40(36,39-17-7-5-4-6-8-17)38-12-19-18(32)9-20(41-19)30-13-26-22(24)27-15(30)2/h4-8,10,13-14,18-20,32H,2,9,11-12H2,1,3H3,(H2,24,27)(H,28,36)/t14-,18+,19+,20+,40?/m0/s1. The van der Waals surface area contributed by atoms with Gasteiger partial charge in [0.15, 0.2) is 5.69 Å². The summed E-state index contributed by atoms with van der Waals surface area (Å²) >= 11 is 1.35. The van der Waals surface area contributed by atoms with Gasteiger partial charge in [0.05, 0.1) is 30.4 Å². The van der Waals surface area contributed by atoms with Gasteiger partial charge in [-0.3, -0.25) is 9.32 Å². The zero-order valence-corrected chi connectivity index (χ0v) is 23.8. The highest BCUT2D eigenvalue weighted by Gasteiger charge is 2.41. The summed E-state index contributed by atoms with van der Waals surface area (Å²) < 4.78 is 31.6. The average molecular weight is 609 g/mol. The molecule has 0 bridgehead atoms. The van der Waals surface area contributed by atoms with Crippen molar-refractivity contribution in [3.8, 4) is 5.75 Å². The van der Waals surface area contributed by atoms with Crippen molar-refractivity contribution in [1.82, 2.24) is 19.5 Å². The van der Waals surface area contributed by atoms with Crippen LogP contribution in [0.1, 0.15) is 19.0 Å². The molecule has 0 aliphatic carbocycles. The predicted molar refractivity (Wildman–Crippen MR) is 150 cm³/mol. The summed E-state index contributed by atoms with van der Waals surface area (Å²) in [6.07, 6.45) is 2.20. The van der Waals surface area contributed by atoms with Crippen LogP contribution >= 0.6 is 19.5 Å². The molecule has 0 spiro atoms. The molecular formula is C23H29N8O8PS. The Morgan fingerprint density at radius 2 is 2.15 bits per heavy atom. The molecule has 18 heteroatoms. The lowest BCUT2D eigenvalue weighted by Crippen LogP contribution is -2.36. The van der Waals surface area contributed by atoms with E-state index in [1.165, 1.54) is 42.8 Å². The average Bonchev–Trinajstić information content (AvgIpc) is 3.48. The molecule has 3 heterocycles. The van der Waals surface area contributed by atoms with Crippen molar-refractivity contribution in [2.45, 2.75) is 42.7 Å². The van der Waals surface area contributed by atoms with E-state index < -0.39 is 42.0 Å². The van der Waals surface area contributed by atoms with E-state index in [9.17, 15) is 24.6 Å². The van der Waals surface area contributed by atoms with Crippen molar-refractivity contribution >= 4 is 43.7 Å². The third-order valence-corrected chi connectivity index (χ3v) is 9.22. The maximum atomic E-state index is 13.8. The van der Waals surface area contributed by atoms with Gasteiger partial charge in [-0.25, -0.2) is 14.1 Å². The van der Waals surface area contributed by atoms with Crippen molar-refractivity contribution in [2.75, 3.05) is 6.61 Å². The number of nitro groups is 1. The highest BCUT2D eigenvalue weighted by atomic mass is 32.2. The molecule has 4 rings (SSSR count). The number of esters is 1. The molecule has 1 saturated heterocycles. The summed E-state index contributed by atoms with van der Waals surface area (Å²) in [7, 11) is -2.78. The first-order valence-corrected chi connectivity index (χ1v) is 14.7. The number of para-hydroxylation sites is 1. The fourth-order valence-electron chi connectivity index (χ4n) is 3.86. The fraction of sp³-hybridized carbons (Fsp3) is 0.391. The normalized spacial score (nSPS) is 22.6. The van der Waals surface area contributed by atoms with Gasteiger partial charge in [0.1, 0.15) is 36.8 Å². The van der Waals surface area contributed by atoms with Crippen LogP contribution in [0.4, 0.5) is 5.95 Å². The minimum Gasteiger partial charge on any atom is -0.456 e. The van der Waals surface area contributed by atoms with E-state index in [-0.39, 0.29) is 36.0 Å². The van der Waals surface area contributed by atoms with Gasteiger partial charge >= 0.3 is 19.7 Å². The number of nitrogens with two attached hydrogens (primary N) is 1. The number of thioether (sulfide) groups is 1. The van der Waals surface area contributed by atoms with Crippen molar-refractivity contribution in [3.63, 3.8) is 0 Å². The van der Waals surface area contributed by atoms with Gasteiger partial charge in [-0.2, -0.15) is 10.1 Å². The molecule has 1 fully saturated rings. The second-order valence-corrected chi connectivity index (χ2v) is 12.1. The van der Waals surface area contributed by atoms with E-state index in [1.807, 2.05) is 0 Å². The number of imidazole rings is 1. The molecule has 0 saturated carbocycles. The molecule has 16 nitrogen and oxygen atoms in total. The van der Waals surface area contributed by atoms with Gasteiger partial charge in [-0.1, -0.05) is 29.8 Å². The Morgan fingerprint density at radius 3 is 2.80 bits per heavy atom. The molecule has 1 aromatic carbocycles. The number of rotatable bonds is 12. The van der Waals surface area contributed by atoms with Gasteiger partial charge in [-0.15, -0.1) is 11.8 Å². The molecule has 2 aromatic rings. The number of aliphatic hydroxyl groups is 1. The molecular weight excluding hydrogens is 579 g/mol. The molecule has 0 radical (unpaired) electrons. The second-order valence-electron chi connectivity index (χ2n) is 8.99. The quantitative estimate of drug-likeness (QED) is 0.136. The Labute approximate surface area is 239 Å². The number of benzene rings is 1. The summed E-state index contributed by atoms with van der Waals surface area (Å²) in [5.41, 5.74) is 5.89. The number of hydrogen-bond donors (Lipinski definition) is 3. The molecule has 1 unspecified atom stereocenters. The first kappa shape index (κ1) is 30.2. The molecule has 5 atom stereocenters. The summed E-state index contributed by atoms with van der Waals surface area (Å²) in [5, 5.41) is 23.5. The minimum atomic E-state index is -4.19. The number of aliphatic hydroxyl groups excluding tert-OH is 1. The summed E-state index contributed by atoms with van der Waals surface area (Å²) in [6, 6.07) is 7.06. The number of nitrogens with zero attached hydrogens (tertiary/aromatic N) is 6. The molecule has 220 valence electrons. The molecule has 0 amide bonds. The lowest BCUT2D eigenvalue weighted by molar-refractivity contribution is -0.396. The third-order valence-electron chi connectivity index (χ3n) is 6.04. The Bertz CT molecular complexity index is 1400. The van der Waals surface area contributed by atoms with Crippen molar-refractivity contribution < 1.29 is 33.2 Å². The summed E-state index contributed by atoms with van der Waals surface area (Å²) in [6.45, 7) is 4.76. The Balaban J connectivity index is 1.40. The number of hydrogen-bond acceptors (Lipinski definition) is 14. The highest BCUT2D eigenvalue weighted by Crippen LogP contribution is 2.47. The molecule has 1 aromatic heterocycles. The van der Waals surface area contributed by atoms with Crippen LogP contribution in [0.3, 0.4) is 0 Å². The smallest absolute Gasteiger partial charge is 0.456 e. The maximum Gasteiger partial charge on any atom is 0.459 e. The lowest BCUT2D eigenvalue weighted by Gasteiger charge is -2.27. The Kier molecular flexibility index (Phi) is 9.45. The number of aliphatic imine (C=N–C) groups is 2. The number of carbonyl (C=O) groups is 1. The molecule has 2 aliphatic heterocycles. The van der Waals surface area contributed by atoms with Crippen LogP contribution < -0.4 is 15.3 Å². The van der Waals surface area contributed by atoms with Gasteiger partial charge in [-0.05, 0) is 24.0 Å². The molecule has 41 heavy (non-hydrogen) atoms. The van der Waals surface area contributed by atoms with Gasteiger partial charge in [0.25, 0.3) is 0 Å². The van der Waals surface area contributed by atoms with Crippen molar-refractivity contribution in [1.29, 1.82) is 0 Å². The number of carbonyl (C=O) groups excluding carboxylic acids is 1. The molecule has 4 N–H and O–H groups in total. The summed E-state index contributed by atoms with van der Waals surface area (Å²) in [5.74, 6) is -0.544.